The van der Waals surface area contributed by atoms with Crippen LogP contribution in [0.2, 0.25) is 0 Å². The molecule has 0 atom stereocenters. The van der Waals surface area contributed by atoms with E-state index in [2.05, 4.69) is 276 Å². The third-order valence-electron chi connectivity index (χ3n) is 15.6. The van der Waals surface area contributed by atoms with E-state index in [1.54, 1.807) is 0 Å². The molecule has 0 saturated carbocycles. The van der Waals surface area contributed by atoms with Gasteiger partial charge in [0.15, 0.2) is 0 Å². The number of hydrogen-bond donors (Lipinski definition) is 0. The minimum atomic E-state index is -0.225. The van der Waals surface area contributed by atoms with Gasteiger partial charge in [-0.15, -0.1) is 0 Å². The minimum Gasteiger partial charge on any atom is -0.457 e. The summed E-state index contributed by atoms with van der Waals surface area (Å²) in [6, 6.07) is 58.7. The van der Waals surface area contributed by atoms with E-state index in [1.165, 1.54) is 67.0 Å². The van der Waals surface area contributed by atoms with Crippen LogP contribution < -0.4 is 14.5 Å². The van der Waals surface area contributed by atoms with E-state index >= 15 is 0 Å². The molecule has 0 N–H and O–H groups in total. The third-order valence-corrected chi connectivity index (χ3v) is 15.6. The molecule has 7 aromatic carbocycles. The molecular formula is C69H76N4O. The molecule has 0 fully saturated rings. The molecule has 74 heavy (non-hydrogen) atoms. The predicted molar refractivity (Wildman–Crippen MR) is 315 cm³/mol. The van der Waals surface area contributed by atoms with E-state index in [-0.39, 0.29) is 21.7 Å². The smallest absolute Gasteiger partial charge is 0.137 e. The van der Waals surface area contributed by atoms with Crippen LogP contribution in [0, 0.1) is 0 Å². The molecule has 10 rings (SSSR count). The predicted octanol–water partition coefficient (Wildman–Crippen LogP) is 19.4. The molecule has 9 aromatic rings. The quantitative estimate of drug-likeness (QED) is 0.137. The van der Waals surface area contributed by atoms with Crippen molar-refractivity contribution in [3.05, 3.63) is 203 Å². The van der Waals surface area contributed by atoms with Crippen LogP contribution in [0.25, 0.3) is 38.8 Å². The SMILES string of the molecule is CC(C)c1cccc(C(C)C)c1-c1cc(Oc2ccc3c4ccc(C(C)(C)c5ccccc5)cc4n(-c4cc(C(C)(C)C)ccn4)c3c2)cc(N2CN(c3cc(C(C)(C)C)cc(C(C)(C)C)c3)c3ccccc32)c1. The summed E-state index contributed by atoms with van der Waals surface area (Å²) in [6.07, 6.45) is 1.96. The van der Waals surface area contributed by atoms with E-state index in [0.717, 1.165) is 45.0 Å². The first-order valence-electron chi connectivity index (χ1n) is 26.8. The Morgan fingerprint density at radius 3 is 1.58 bits per heavy atom. The lowest BCUT2D eigenvalue weighted by Gasteiger charge is -2.29. The number of para-hydroxylation sites is 2. The summed E-state index contributed by atoms with van der Waals surface area (Å²) in [6.45, 7) is 35.2. The maximum absolute atomic E-state index is 7.28. The molecular weight excluding hydrogens is 901 g/mol. The summed E-state index contributed by atoms with van der Waals surface area (Å²) in [5.74, 6) is 3.08. The molecule has 0 spiro atoms. The van der Waals surface area contributed by atoms with Crippen molar-refractivity contribution in [2.24, 2.45) is 0 Å². The van der Waals surface area contributed by atoms with Crippen molar-refractivity contribution in [3.63, 3.8) is 0 Å². The van der Waals surface area contributed by atoms with Crippen molar-refractivity contribution in [1.29, 1.82) is 0 Å². The van der Waals surface area contributed by atoms with Gasteiger partial charge in [0.2, 0.25) is 0 Å². The van der Waals surface area contributed by atoms with Crippen molar-refractivity contribution in [3.8, 4) is 28.4 Å². The monoisotopic (exact) mass is 977 g/mol. The Labute approximate surface area is 441 Å². The van der Waals surface area contributed by atoms with Gasteiger partial charge in [-0.25, -0.2) is 4.98 Å². The average molecular weight is 977 g/mol. The van der Waals surface area contributed by atoms with Gasteiger partial charge in [-0.3, -0.25) is 4.57 Å². The molecule has 378 valence electrons. The van der Waals surface area contributed by atoms with Crippen LogP contribution in [0.4, 0.5) is 22.7 Å². The van der Waals surface area contributed by atoms with Crippen LogP contribution in [-0.2, 0) is 21.7 Å². The molecule has 0 radical (unpaired) electrons. The molecule has 0 unspecified atom stereocenters. The zero-order valence-electron chi connectivity index (χ0n) is 46.6. The van der Waals surface area contributed by atoms with Gasteiger partial charge < -0.3 is 14.5 Å². The average Bonchev–Trinajstić information content (AvgIpc) is 3.92. The summed E-state index contributed by atoms with van der Waals surface area (Å²) in [7, 11) is 0. The second kappa shape index (κ2) is 18.7. The van der Waals surface area contributed by atoms with Crippen LogP contribution >= 0.6 is 0 Å². The first-order chi connectivity index (χ1) is 35.0. The van der Waals surface area contributed by atoms with E-state index in [0.29, 0.717) is 18.5 Å². The first kappa shape index (κ1) is 50.4. The number of pyridine rings is 1. The Morgan fingerprint density at radius 2 is 1.00 bits per heavy atom. The fourth-order valence-electron chi connectivity index (χ4n) is 11.0. The van der Waals surface area contributed by atoms with Crippen LogP contribution in [-0.4, -0.2) is 16.2 Å². The Morgan fingerprint density at radius 1 is 0.446 bits per heavy atom. The zero-order valence-corrected chi connectivity index (χ0v) is 46.6. The highest BCUT2D eigenvalue weighted by molar-refractivity contribution is 6.10. The number of rotatable bonds is 10. The van der Waals surface area contributed by atoms with E-state index < -0.39 is 0 Å². The number of benzene rings is 7. The van der Waals surface area contributed by atoms with Crippen molar-refractivity contribution in [2.75, 3.05) is 16.5 Å². The molecule has 1 aliphatic rings. The fraction of sp³-hybridized carbons (Fsp3) is 0.319. The number of ether oxygens (including phenoxy) is 1. The summed E-state index contributed by atoms with van der Waals surface area (Å²) in [5.41, 5.74) is 18.0. The molecule has 3 heterocycles. The standard InChI is InChI=1S/C69H76N4O/c1-44(2)56-24-21-25-57(45(3)4)65(56)46-34-52(71-43-72(61-27-20-19-26-60(61)71)53-37-50(67(8,9)10)36-51(38-53)68(11,12)13)41-55(35-46)74-54-29-31-59-58-30-28-49(69(14,15)47-22-17-16-18-23-47)39-62(58)73(63(59)42-54)64-40-48(32-33-70-64)66(5,6)7/h16-42,44-45H,43H2,1-15H3. The summed E-state index contributed by atoms with van der Waals surface area (Å²) in [4.78, 5) is 10.1. The van der Waals surface area contributed by atoms with Gasteiger partial charge in [0, 0.05) is 45.9 Å². The zero-order chi connectivity index (χ0) is 52.6. The maximum Gasteiger partial charge on any atom is 0.137 e. The van der Waals surface area contributed by atoms with Crippen molar-refractivity contribution < 1.29 is 4.74 Å². The second-order valence-electron chi connectivity index (χ2n) is 25.1. The molecule has 0 saturated heterocycles. The topological polar surface area (TPSA) is 33.5 Å². The second-order valence-corrected chi connectivity index (χ2v) is 25.1. The highest BCUT2D eigenvalue weighted by atomic mass is 16.5. The van der Waals surface area contributed by atoms with Gasteiger partial charge >= 0.3 is 0 Å². The van der Waals surface area contributed by atoms with Gasteiger partial charge in [-0.05, 0) is 145 Å². The molecule has 5 nitrogen and oxygen atoms in total. The van der Waals surface area contributed by atoms with Crippen molar-refractivity contribution in [1.82, 2.24) is 9.55 Å². The molecule has 5 heteroatoms. The lowest BCUT2D eigenvalue weighted by atomic mass is 9.78. The highest BCUT2D eigenvalue weighted by Crippen LogP contribution is 2.49. The normalized spacial score (nSPS) is 13.5. The summed E-state index contributed by atoms with van der Waals surface area (Å²) < 4.78 is 9.63. The molecule has 0 amide bonds. The summed E-state index contributed by atoms with van der Waals surface area (Å²) in [5, 5.41) is 2.33. The van der Waals surface area contributed by atoms with Gasteiger partial charge in [0.25, 0.3) is 0 Å². The Bertz CT molecular complexity index is 3500. The number of anilines is 4. The molecule has 1 aliphatic heterocycles. The van der Waals surface area contributed by atoms with Crippen LogP contribution in [0.3, 0.4) is 0 Å². The lowest BCUT2D eigenvalue weighted by Crippen LogP contribution is -2.25. The molecule has 0 bridgehead atoms. The summed E-state index contributed by atoms with van der Waals surface area (Å²) >= 11 is 0. The van der Waals surface area contributed by atoms with Gasteiger partial charge in [-0.2, -0.15) is 0 Å². The molecule has 2 aromatic heterocycles. The highest BCUT2D eigenvalue weighted by Gasteiger charge is 2.32. The van der Waals surface area contributed by atoms with Crippen molar-refractivity contribution in [2.45, 2.75) is 137 Å². The van der Waals surface area contributed by atoms with E-state index in [1.807, 2.05) is 6.20 Å². The Hall–Kier alpha value is -7.11. The van der Waals surface area contributed by atoms with Crippen LogP contribution in [0.5, 0.6) is 11.5 Å². The number of aromatic nitrogens is 2. The first-order valence-corrected chi connectivity index (χ1v) is 26.8. The number of nitrogens with zero attached hydrogens (tertiary/aromatic N) is 4. The van der Waals surface area contributed by atoms with Gasteiger partial charge in [0.05, 0.1) is 22.4 Å². The Balaban J connectivity index is 1.15. The third kappa shape index (κ3) is 9.40. The number of hydrogen-bond acceptors (Lipinski definition) is 4. The number of fused-ring (bicyclic) bond motifs is 4. The van der Waals surface area contributed by atoms with Crippen LogP contribution in [0.15, 0.2) is 164 Å². The van der Waals surface area contributed by atoms with Gasteiger partial charge in [0.1, 0.15) is 24.0 Å². The van der Waals surface area contributed by atoms with Gasteiger partial charge in [-0.1, -0.05) is 183 Å². The van der Waals surface area contributed by atoms with Crippen molar-refractivity contribution >= 4 is 44.6 Å². The minimum absolute atomic E-state index is 0.0139. The largest absolute Gasteiger partial charge is 0.457 e. The Kier molecular flexibility index (Phi) is 12.7. The molecule has 0 aliphatic carbocycles. The van der Waals surface area contributed by atoms with E-state index in [4.69, 9.17) is 9.72 Å². The fourth-order valence-corrected chi connectivity index (χ4v) is 11.0. The van der Waals surface area contributed by atoms with Crippen LogP contribution in [0.1, 0.15) is 155 Å². The maximum atomic E-state index is 7.28. The van der Waals surface area contributed by atoms with E-state index in [9.17, 15) is 0 Å². The lowest BCUT2D eigenvalue weighted by molar-refractivity contribution is 0.483.